The van der Waals surface area contributed by atoms with Crippen LogP contribution in [0.4, 0.5) is 0 Å². The van der Waals surface area contributed by atoms with Gasteiger partial charge in [-0.3, -0.25) is 0 Å². The highest BCUT2D eigenvalue weighted by molar-refractivity contribution is 6.18. The maximum absolute atomic E-state index is 5.07. The molecule has 0 bridgehead atoms. The molecule has 1 N–H and O–H groups in total. The molecule has 0 amide bonds. The molecule has 118 valence electrons. The van der Waals surface area contributed by atoms with E-state index in [1.54, 1.807) is 6.08 Å². The van der Waals surface area contributed by atoms with Gasteiger partial charge in [-0.15, -0.1) is 18.2 Å². The smallest absolute Gasteiger partial charge is 0.0815 e. The van der Waals surface area contributed by atoms with Crippen molar-refractivity contribution in [1.82, 2.24) is 5.32 Å². The first kappa shape index (κ1) is 24.3. The number of alkyl halides is 1. The number of hydrogen-bond acceptors (Lipinski definition) is 1. The third-order valence-corrected chi connectivity index (χ3v) is 3.50. The lowest BCUT2D eigenvalue weighted by Gasteiger charge is -2.23. The van der Waals surface area contributed by atoms with Gasteiger partial charge in [0, 0.05) is 17.7 Å². The van der Waals surface area contributed by atoms with Gasteiger partial charge in [-0.2, -0.15) is 0 Å². The Morgan fingerprint density at radius 2 is 1.42 bits per heavy atom. The number of nitrogens with zero attached hydrogens (tertiary/aromatic N) is 1. The van der Waals surface area contributed by atoms with E-state index in [1.165, 1.54) is 30.4 Å². The second kappa shape index (κ2) is 14.6. The van der Waals surface area contributed by atoms with E-state index < -0.39 is 0 Å². The van der Waals surface area contributed by atoms with E-state index in [9.17, 15) is 0 Å². The Hall–Kier alpha value is 0.240. The lowest BCUT2D eigenvalue weighted by molar-refractivity contribution is -0.880. The molecule has 1 saturated heterocycles. The molecule has 1 aliphatic heterocycles. The first-order chi connectivity index (χ1) is 8.42. The highest BCUT2D eigenvalue weighted by Gasteiger charge is 2.37. The predicted molar refractivity (Wildman–Crippen MR) is 85.3 cm³/mol. The zero-order chi connectivity index (χ0) is 14.6. The number of halogens is 2. The van der Waals surface area contributed by atoms with E-state index in [0.717, 1.165) is 11.8 Å². The van der Waals surface area contributed by atoms with Crippen molar-refractivity contribution in [2.24, 2.45) is 11.8 Å². The molecule has 0 radical (unpaired) electrons. The summed E-state index contributed by atoms with van der Waals surface area (Å²) in [7, 11) is 8.47. The van der Waals surface area contributed by atoms with Crippen LogP contribution in [0.2, 0.25) is 0 Å². The molecule has 0 aliphatic carbocycles. The number of quaternary nitrogens is 1. The van der Waals surface area contributed by atoms with Crippen LogP contribution in [-0.4, -0.2) is 51.6 Å². The number of likely N-dealkylation sites (tertiary alicyclic amines) is 1. The highest BCUT2D eigenvalue weighted by Crippen LogP contribution is 2.30. The summed E-state index contributed by atoms with van der Waals surface area (Å²) in [6, 6.07) is 0. The van der Waals surface area contributed by atoms with Gasteiger partial charge in [-0.1, -0.05) is 19.9 Å². The molecule has 0 saturated carbocycles. The third-order valence-electron chi connectivity index (χ3n) is 3.28. The molecule has 1 fully saturated rings. The molecule has 19 heavy (non-hydrogen) atoms. The maximum atomic E-state index is 5.07. The molecular weight excluding hydrogens is 279 g/mol. The highest BCUT2D eigenvalue weighted by atomic mass is 35.5. The van der Waals surface area contributed by atoms with Crippen LogP contribution in [-0.2, 0) is 0 Å². The van der Waals surface area contributed by atoms with Gasteiger partial charge in [0.15, 0.2) is 0 Å². The number of rotatable bonds is 3. The Kier molecular flexibility index (Phi) is 18.7. The molecule has 0 aromatic rings. The lowest BCUT2D eigenvalue weighted by Crippen LogP contribution is -3.00. The minimum Gasteiger partial charge on any atom is -1.00 e. The van der Waals surface area contributed by atoms with Crippen LogP contribution in [0.1, 0.15) is 26.7 Å². The Labute approximate surface area is 132 Å². The van der Waals surface area contributed by atoms with Crippen LogP contribution in [0, 0.1) is 11.8 Å². The minimum absolute atomic E-state index is 0. The summed E-state index contributed by atoms with van der Waals surface area (Å²) in [6.07, 6.45) is 4.39. The van der Waals surface area contributed by atoms with Gasteiger partial charge in [0.2, 0.25) is 0 Å². The quantitative estimate of drug-likeness (QED) is 0.451. The summed E-state index contributed by atoms with van der Waals surface area (Å²) in [6.45, 7) is 10.8. The maximum Gasteiger partial charge on any atom is 0.0815 e. The van der Waals surface area contributed by atoms with Crippen molar-refractivity contribution in [3.63, 3.8) is 0 Å². The standard InChI is InChI=1S/C10H22N.C3H5Cl.C2H7N.ClH/c1-5-9-7-11(3,4)8-10(9)6-2;1-2-3-4;1-3-2;/h9-10H,5-8H2,1-4H3;2H,1,3H2;3H,1-2H3;1H/q+1;;;/p-1. The Bertz CT molecular complexity index is 183. The molecule has 1 aliphatic rings. The first-order valence-electron chi connectivity index (χ1n) is 6.99. The van der Waals surface area contributed by atoms with Crippen LogP contribution in [0.5, 0.6) is 0 Å². The third kappa shape index (κ3) is 13.0. The van der Waals surface area contributed by atoms with Crippen molar-refractivity contribution >= 4 is 11.6 Å². The molecular formula is C15H34Cl2N2. The summed E-state index contributed by atoms with van der Waals surface area (Å²) in [4.78, 5) is 0. The Morgan fingerprint density at radius 1 is 1.16 bits per heavy atom. The average molecular weight is 313 g/mol. The van der Waals surface area contributed by atoms with Gasteiger partial charge in [0.05, 0.1) is 27.2 Å². The van der Waals surface area contributed by atoms with Crippen LogP contribution in [0.25, 0.3) is 0 Å². The summed E-state index contributed by atoms with van der Waals surface area (Å²) >= 11 is 5.07. The Balaban J connectivity index is -0.000000272. The number of allylic oxidation sites excluding steroid dienone is 1. The van der Waals surface area contributed by atoms with E-state index in [1.807, 2.05) is 14.1 Å². The minimum atomic E-state index is 0. The van der Waals surface area contributed by atoms with Gasteiger partial charge in [0.25, 0.3) is 0 Å². The van der Waals surface area contributed by atoms with Crippen LogP contribution in [0.15, 0.2) is 12.7 Å². The van der Waals surface area contributed by atoms with Crippen molar-refractivity contribution in [2.75, 3.05) is 47.2 Å². The fourth-order valence-corrected chi connectivity index (χ4v) is 2.57. The monoisotopic (exact) mass is 312 g/mol. The molecule has 1 heterocycles. The molecule has 2 atom stereocenters. The van der Waals surface area contributed by atoms with Crippen molar-refractivity contribution in [3.8, 4) is 0 Å². The van der Waals surface area contributed by atoms with Crippen LogP contribution >= 0.6 is 11.6 Å². The predicted octanol–water partition coefficient (Wildman–Crippen LogP) is 0.380. The zero-order valence-corrected chi connectivity index (χ0v) is 15.2. The van der Waals surface area contributed by atoms with Crippen molar-refractivity contribution in [1.29, 1.82) is 0 Å². The van der Waals surface area contributed by atoms with Gasteiger partial charge >= 0.3 is 0 Å². The van der Waals surface area contributed by atoms with Crippen molar-refractivity contribution < 1.29 is 16.9 Å². The van der Waals surface area contributed by atoms with E-state index >= 15 is 0 Å². The summed E-state index contributed by atoms with van der Waals surface area (Å²) < 4.78 is 1.25. The average Bonchev–Trinajstić information content (AvgIpc) is 2.65. The number of nitrogens with one attached hydrogen (secondary N) is 1. The molecule has 0 aromatic heterocycles. The van der Waals surface area contributed by atoms with Gasteiger partial charge in [-0.25, -0.2) is 0 Å². The van der Waals surface area contributed by atoms with E-state index in [4.69, 9.17) is 11.6 Å². The van der Waals surface area contributed by atoms with Crippen LogP contribution < -0.4 is 17.7 Å². The van der Waals surface area contributed by atoms with Crippen LogP contribution in [0.3, 0.4) is 0 Å². The summed E-state index contributed by atoms with van der Waals surface area (Å²) in [5.41, 5.74) is 0. The van der Waals surface area contributed by atoms with Gasteiger partial charge in [-0.05, 0) is 26.9 Å². The fraction of sp³-hybridized carbons (Fsp3) is 0.867. The molecule has 2 nitrogen and oxygen atoms in total. The molecule has 0 spiro atoms. The molecule has 2 unspecified atom stereocenters. The van der Waals surface area contributed by atoms with E-state index in [-0.39, 0.29) is 12.4 Å². The second-order valence-electron chi connectivity index (χ2n) is 5.58. The topological polar surface area (TPSA) is 12.0 Å². The molecule has 1 rings (SSSR count). The lowest BCUT2D eigenvalue weighted by atomic mass is 9.92. The van der Waals surface area contributed by atoms with Gasteiger partial charge in [0.1, 0.15) is 0 Å². The zero-order valence-electron chi connectivity index (χ0n) is 13.7. The van der Waals surface area contributed by atoms with Crippen molar-refractivity contribution in [2.45, 2.75) is 26.7 Å². The van der Waals surface area contributed by atoms with Gasteiger partial charge < -0.3 is 22.2 Å². The summed E-state index contributed by atoms with van der Waals surface area (Å²) in [5.74, 6) is 2.55. The second-order valence-corrected chi connectivity index (χ2v) is 5.89. The molecule has 4 heteroatoms. The SMILES string of the molecule is C=CCCl.CCC1C[N+](C)(C)CC1CC.CNC.[Cl-]. The van der Waals surface area contributed by atoms with E-state index in [2.05, 4.69) is 39.8 Å². The van der Waals surface area contributed by atoms with Crippen molar-refractivity contribution in [3.05, 3.63) is 12.7 Å². The normalized spacial score (nSPS) is 23.1. The largest absolute Gasteiger partial charge is 1.00 e. The first-order valence-corrected chi connectivity index (χ1v) is 7.53. The fourth-order valence-electron chi connectivity index (χ4n) is 2.57. The number of hydrogen-bond donors (Lipinski definition) is 1. The Morgan fingerprint density at radius 3 is 1.58 bits per heavy atom. The molecule has 0 aromatic carbocycles. The summed E-state index contributed by atoms with van der Waals surface area (Å²) in [5, 5.41) is 2.75. The van der Waals surface area contributed by atoms with E-state index in [0.29, 0.717) is 5.88 Å².